The quantitative estimate of drug-likeness (QED) is 0.252. The van der Waals surface area contributed by atoms with Gasteiger partial charge in [-0.1, -0.05) is 54.6 Å². The summed E-state index contributed by atoms with van der Waals surface area (Å²) in [5.41, 5.74) is 9.01. The van der Waals surface area contributed by atoms with Crippen molar-refractivity contribution in [1.82, 2.24) is 15.1 Å². The molecule has 194 valence electrons. The van der Waals surface area contributed by atoms with Gasteiger partial charge in [0, 0.05) is 19.0 Å². The summed E-state index contributed by atoms with van der Waals surface area (Å²) in [4.78, 5) is 25.1. The van der Waals surface area contributed by atoms with Gasteiger partial charge in [-0.3, -0.25) is 4.79 Å². The number of aromatic carboxylic acids is 1. The third kappa shape index (κ3) is 5.72. The molecule has 4 N–H and O–H groups in total. The number of hydrogen-bond donors (Lipinski definition) is 3. The number of carbonyl (C=O) groups excluding carboxylic acids is 1. The molecule has 1 unspecified atom stereocenters. The number of halogens is 1. The minimum Gasteiger partial charge on any atom is -0.476 e. The molecule has 0 amide bonds. The molecule has 0 aliphatic heterocycles. The first-order chi connectivity index (χ1) is 18.4. The Balaban J connectivity index is 1.47. The molecule has 0 spiro atoms. The van der Waals surface area contributed by atoms with Gasteiger partial charge >= 0.3 is 5.97 Å². The van der Waals surface area contributed by atoms with Crippen LogP contribution in [-0.2, 0) is 13.0 Å². The van der Waals surface area contributed by atoms with Gasteiger partial charge in [0.05, 0.1) is 11.7 Å². The third-order valence-corrected chi connectivity index (χ3v) is 6.80. The summed E-state index contributed by atoms with van der Waals surface area (Å²) in [6.45, 7) is 1.14. The Hall–Kier alpha value is -4.14. The number of Topliss-reactive ketones (excluding diaryl/α,β-unsaturated/α-hetero) is 1. The number of aromatic nitrogens is 2. The minimum atomic E-state index is -1.26. The average Bonchev–Trinajstić information content (AvgIpc) is 3.65. The fourth-order valence-corrected chi connectivity index (χ4v) is 4.55. The van der Waals surface area contributed by atoms with E-state index in [0.29, 0.717) is 11.6 Å². The predicted octanol–water partition coefficient (Wildman–Crippen LogP) is 4.68. The van der Waals surface area contributed by atoms with Gasteiger partial charge in [0.1, 0.15) is 11.5 Å². The van der Waals surface area contributed by atoms with Crippen molar-refractivity contribution < 1.29 is 19.1 Å². The normalized spacial score (nSPS) is 13.8. The molecule has 0 bridgehead atoms. The van der Waals surface area contributed by atoms with E-state index in [2.05, 4.69) is 10.4 Å². The lowest BCUT2D eigenvalue weighted by atomic mass is 9.95. The molecular formula is C30H29FN4O3. The first-order valence-electron chi connectivity index (χ1n) is 12.7. The highest BCUT2D eigenvalue weighted by atomic mass is 19.1. The highest BCUT2D eigenvalue weighted by Gasteiger charge is 2.25. The molecule has 38 heavy (non-hydrogen) atoms. The van der Waals surface area contributed by atoms with Crippen molar-refractivity contribution in [3.05, 3.63) is 118 Å². The van der Waals surface area contributed by atoms with Crippen LogP contribution in [0.25, 0.3) is 5.69 Å². The number of hydrogen-bond acceptors (Lipinski definition) is 5. The second-order valence-electron chi connectivity index (χ2n) is 9.65. The van der Waals surface area contributed by atoms with Crippen molar-refractivity contribution in [2.24, 2.45) is 11.7 Å². The van der Waals surface area contributed by atoms with Gasteiger partial charge in [0.25, 0.3) is 0 Å². The van der Waals surface area contributed by atoms with Crippen LogP contribution in [-0.4, -0.2) is 33.2 Å². The summed E-state index contributed by atoms with van der Waals surface area (Å²) in [6, 6.07) is 22.9. The third-order valence-electron chi connectivity index (χ3n) is 6.80. The van der Waals surface area contributed by atoms with Gasteiger partial charge in [-0.25, -0.2) is 13.9 Å². The van der Waals surface area contributed by atoms with Crippen LogP contribution in [0.3, 0.4) is 0 Å². The van der Waals surface area contributed by atoms with Crippen molar-refractivity contribution in [2.75, 3.05) is 6.54 Å². The molecule has 0 radical (unpaired) electrons. The molecule has 3 aromatic carbocycles. The van der Waals surface area contributed by atoms with Gasteiger partial charge in [-0.05, 0) is 65.8 Å². The summed E-state index contributed by atoms with van der Waals surface area (Å²) in [7, 11) is 0. The molecule has 1 aliphatic rings. The SMILES string of the molecule is NCc1cccc(-n2nc(C(=O)O)cc2C(=O)Cc2cc(C(NCC3CC3)c3ccccc3)ccc2F)c1. The predicted molar refractivity (Wildman–Crippen MR) is 142 cm³/mol. The Kier molecular flexibility index (Phi) is 7.44. The Bertz CT molecular complexity index is 1460. The molecule has 1 aromatic heterocycles. The lowest BCUT2D eigenvalue weighted by Crippen LogP contribution is -2.25. The molecule has 5 rings (SSSR count). The molecule has 4 aromatic rings. The first kappa shape index (κ1) is 25.5. The van der Waals surface area contributed by atoms with Gasteiger partial charge in [0.2, 0.25) is 0 Å². The van der Waals surface area contributed by atoms with E-state index in [1.54, 1.807) is 30.3 Å². The molecular weight excluding hydrogens is 483 g/mol. The van der Waals surface area contributed by atoms with Crippen LogP contribution in [0.4, 0.5) is 4.39 Å². The molecule has 1 saturated carbocycles. The van der Waals surface area contributed by atoms with Crippen LogP contribution in [0.15, 0.2) is 78.9 Å². The Morgan fingerprint density at radius 1 is 1.03 bits per heavy atom. The zero-order chi connectivity index (χ0) is 26.6. The number of nitrogens with zero attached hydrogens (tertiary/aromatic N) is 2. The van der Waals surface area contributed by atoms with Crippen molar-refractivity contribution in [3.63, 3.8) is 0 Å². The zero-order valence-electron chi connectivity index (χ0n) is 20.8. The van der Waals surface area contributed by atoms with Crippen LogP contribution >= 0.6 is 0 Å². The number of carboxylic acid groups (broad SMARTS) is 1. The summed E-state index contributed by atoms with van der Waals surface area (Å²) < 4.78 is 16.3. The summed E-state index contributed by atoms with van der Waals surface area (Å²) in [6.07, 6.45) is 2.17. The Morgan fingerprint density at radius 3 is 2.53 bits per heavy atom. The molecule has 1 aliphatic carbocycles. The lowest BCUT2D eigenvalue weighted by molar-refractivity contribution is 0.0689. The van der Waals surface area contributed by atoms with Crippen molar-refractivity contribution >= 4 is 11.8 Å². The first-order valence-corrected chi connectivity index (χ1v) is 12.7. The average molecular weight is 513 g/mol. The maximum absolute atomic E-state index is 15.0. The molecule has 0 saturated heterocycles. The number of carbonyl (C=O) groups is 2. The zero-order valence-corrected chi connectivity index (χ0v) is 20.8. The molecule has 7 nitrogen and oxygen atoms in total. The smallest absolute Gasteiger partial charge is 0.356 e. The number of ketones is 1. The Morgan fingerprint density at radius 2 is 1.82 bits per heavy atom. The van der Waals surface area contributed by atoms with Gasteiger partial charge in [-0.15, -0.1) is 0 Å². The minimum absolute atomic E-state index is 0.0628. The van der Waals surface area contributed by atoms with E-state index < -0.39 is 17.6 Å². The Labute approximate surface area is 220 Å². The summed E-state index contributed by atoms with van der Waals surface area (Å²) >= 11 is 0. The van der Waals surface area contributed by atoms with E-state index in [9.17, 15) is 19.1 Å². The van der Waals surface area contributed by atoms with Gasteiger partial charge in [-0.2, -0.15) is 5.10 Å². The fraction of sp³-hybridized carbons (Fsp3) is 0.233. The van der Waals surface area contributed by atoms with Crippen molar-refractivity contribution in [3.8, 4) is 5.69 Å². The number of nitrogens with two attached hydrogens (primary N) is 1. The van der Waals surface area contributed by atoms with Crippen LogP contribution in [0.2, 0.25) is 0 Å². The highest BCUT2D eigenvalue weighted by Crippen LogP contribution is 2.31. The molecule has 1 fully saturated rings. The molecule has 1 atom stereocenters. The van der Waals surface area contributed by atoms with Gasteiger partial charge in [0.15, 0.2) is 11.5 Å². The second kappa shape index (κ2) is 11.1. The molecule has 8 heteroatoms. The maximum Gasteiger partial charge on any atom is 0.356 e. The van der Waals surface area contributed by atoms with E-state index in [4.69, 9.17) is 5.73 Å². The van der Waals surface area contributed by atoms with E-state index in [-0.39, 0.29) is 36.0 Å². The van der Waals surface area contributed by atoms with Crippen molar-refractivity contribution in [2.45, 2.75) is 31.8 Å². The lowest BCUT2D eigenvalue weighted by Gasteiger charge is -2.21. The van der Waals surface area contributed by atoms with E-state index in [0.717, 1.165) is 23.2 Å². The molecule has 1 heterocycles. The highest BCUT2D eigenvalue weighted by molar-refractivity contribution is 5.99. The van der Waals surface area contributed by atoms with E-state index in [1.165, 1.54) is 29.7 Å². The van der Waals surface area contributed by atoms with E-state index in [1.807, 2.05) is 36.4 Å². The fourth-order valence-electron chi connectivity index (χ4n) is 4.55. The van der Waals surface area contributed by atoms with Crippen LogP contribution in [0.5, 0.6) is 0 Å². The second-order valence-corrected chi connectivity index (χ2v) is 9.65. The standard InChI is InChI=1S/C30H29FN4O3/c31-25-12-11-22(29(33-18-19-9-10-19)21-6-2-1-3-7-21)14-23(25)15-28(36)27-16-26(30(37)38)34-35(27)24-8-4-5-20(13-24)17-32/h1-8,11-14,16,19,29,33H,9-10,15,17-18,32H2,(H,37,38). The number of rotatable bonds is 11. The summed E-state index contributed by atoms with van der Waals surface area (Å²) in [5.74, 6) is -1.54. The largest absolute Gasteiger partial charge is 0.476 e. The van der Waals surface area contributed by atoms with Crippen LogP contribution in [0, 0.1) is 11.7 Å². The monoisotopic (exact) mass is 512 g/mol. The number of nitrogens with one attached hydrogen (secondary N) is 1. The maximum atomic E-state index is 15.0. The van der Waals surface area contributed by atoms with Crippen LogP contribution in [0.1, 0.15) is 62.1 Å². The van der Waals surface area contributed by atoms with Gasteiger partial charge < -0.3 is 16.2 Å². The topological polar surface area (TPSA) is 110 Å². The van der Waals surface area contributed by atoms with Crippen molar-refractivity contribution in [1.29, 1.82) is 0 Å². The summed E-state index contributed by atoms with van der Waals surface area (Å²) in [5, 5.41) is 17.2. The number of carboxylic acids is 1. The number of benzene rings is 3. The van der Waals surface area contributed by atoms with Crippen LogP contribution < -0.4 is 11.1 Å². The van der Waals surface area contributed by atoms with E-state index >= 15 is 0 Å².